The number of carbonyl (C=O) groups is 1. The van der Waals surface area contributed by atoms with Crippen molar-refractivity contribution in [1.29, 1.82) is 0 Å². The third kappa shape index (κ3) is 4.15. The molecule has 0 heterocycles. The second-order valence-corrected chi connectivity index (χ2v) is 5.48. The molecule has 2 aromatic rings. The highest BCUT2D eigenvalue weighted by atomic mass is 35.5. The van der Waals surface area contributed by atoms with Crippen LogP contribution in [0.15, 0.2) is 47.4 Å². The molecular weight excluding hydrogens is 299 g/mol. The van der Waals surface area contributed by atoms with E-state index in [9.17, 15) is 9.18 Å². The lowest BCUT2D eigenvalue weighted by atomic mass is 10.3. The van der Waals surface area contributed by atoms with Gasteiger partial charge in [-0.1, -0.05) is 11.6 Å². The Bertz CT molecular complexity index is 619. The van der Waals surface area contributed by atoms with E-state index in [2.05, 4.69) is 5.32 Å². The van der Waals surface area contributed by atoms with E-state index in [1.807, 2.05) is 0 Å². The monoisotopic (exact) mass is 310 g/mol. The van der Waals surface area contributed by atoms with Crippen molar-refractivity contribution in [2.24, 2.45) is 0 Å². The van der Waals surface area contributed by atoms with Gasteiger partial charge in [-0.25, -0.2) is 4.39 Å². The van der Waals surface area contributed by atoms with Crippen molar-refractivity contribution in [2.45, 2.75) is 4.90 Å². The van der Waals surface area contributed by atoms with Crippen LogP contribution in [0.1, 0.15) is 0 Å². The van der Waals surface area contributed by atoms with E-state index >= 15 is 0 Å². The molecule has 0 radical (unpaired) electrons. The van der Waals surface area contributed by atoms with E-state index in [0.717, 1.165) is 0 Å². The third-order valence-corrected chi connectivity index (χ3v) is 3.80. The van der Waals surface area contributed by atoms with Gasteiger partial charge in [-0.3, -0.25) is 4.79 Å². The van der Waals surface area contributed by atoms with Crippen molar-refractivity contribution in [1.82, 2.24) is 0 Å². The van der Waals surface area contributed by atoms with Crippen molar-refractivity contribution in [2.75, 3.05) is 16.8 Å². The predicted molar refractivity (Wildman–Crippen MR) is 81.6 cm³/mol. The van der Waals surface area contributed by atoms with Crippen molar-refractivity contribution >= 4 is 40.6 Å². The molecule has 3 nitrogen and oxygen atoms in total. The van der Waals surface area contributed by atoms with Gasteiger partial charge in [0.2, 0.25) is 5.91 Å². The minimum atomic E-state index is -0.391. The first-order chi connectivity index (χ1) is 9.54. The van der Waals surface area contributed by atoms with Gasteiger partial charge in [0, 0.05) is 21.3 Å². The Morgan fingerprint density at radius 3 is 2.60 bits per heavy atom. The molecule has 0 spiro atoms. The average Bonchev–Trinajstić information content (AvgIpc) is 2.40. The maximum atomic E-state index is 12.9. The summed E-state index contributed by atoms with van der Waals surface area (Å²) in [5, 5.41) is 3.34. The van der Waals surface area contributed by atoms with Crippen molar-refractivity contribution in [3.8, 4) is 0 Å². The largest absolute Gasteiger partial charge is 0.398 e. The Morgan fingerprint density at radius 1 is 1.25 bits per heavy atom. The van der Waals surface area contributed by atoms with Crippen LogP contribution in [0.2, 0.25) is 5.02 Å². The first-order valence-electron chi connectivity index (χ1n) is 5.78. The van der Waals surface area contributed by atoms with Gasteiger partial charge in [0.1, 0.15) is 5.82 Å². The van der Waals surface area contributed by atoms with Crippen LogP contribution < -0.4 is 11.1 Å². The molecule has 104 valence electrons. The number of hydrogen-bond acceptors (Lipinski definition) is 3. The summed E-state index contributed by atoms with van der Waals surface area (Å²) in [5.41, 5.74) is 6.67. The highest BCUT2D eigenvalue weighted by Gasteiger charge is 2.06. The standard InChI is InChI=1S/C14H12ClFN2OS/c15-9-1-4-11(5-2-9)18-14(19)8-20-13-6-3-10(16)7-12(13)17/h1-7H,8,17H2,(H,18,19). The summed E-state index contributed by atoms with van der Waals surface area (Å²) in [6, 6.07) is 10.9. The first kappa shape index (κ1) is 14.7. The zero-order valence-corrected chi connectivity index (χ0v) is 12.0. The lowest BCUT2D eigenvalue weighted by Crippen LogP contribution is -2.14. The van der Waals surface area contributed by atoms with Gasteiger partial charge in [-0.05, 0) is 42.5 Å². The minimum absolute atomic E-state index is 0.166. The van der Waals surface area contributed by atoms with Gasteiger partial charge in [0.15, 0.2) is 0 Å². The summed E-state index contributed by atoms with van der Waals surface area (Å²) < 4.78 is 12.9. The number of nitrogens with two attached hydrogens (primary N) is 1. The number of nitrogens with one attached hydrogen (secondary N) is 1. The van der Waals surface area contributed by atoms with Crippen molar-refractivity contribution < 1.29 is 9.18 Å². The van der Waals surface area contributed by atoms with Gasteiger partial charge in [-0.2, -0.15) is 0 Å². The van der Waals surface area contributed by atoms with Gasteiger partial charge in [-0.15, -0.1) is 11.8 Å². The van der Waals surface area contributed by atoms with E-state index < -0.39 is 5.82 Å². The van der Waals surface area contributed by atoms with E-state index in [1.54, 1.807) is 30.3 Å². The number of halogens is 2. The number of anilines is 2. The number of benzene rings is 2. The van der Waals surface area contributed by atoms with Crippen molar-refractivity contribution in [3.05, 3.63) is 53.3 Å². The normalized spacial score (nSPS) is 10.3. The lowest BCUT2D eigenvalue weighted by molar-refractivity contribution is -0.113. The fourth-order valence-corrected chi connectivity index (χ4v) is 2.40. The molecule has 0 saturated carbocycles. The van der Waals surface area contributed by atoms with Gasteiger partial charge in [0.05, 0.1) is 5.75 Å². The highest BCUT2D eigenvalue weighted by Crippen LogP contribution is 2.25. The molecule has 0 unspecified atom stereocenters. The van der Waals surface area contributed by atoms with Crippen LogP contribution in [0.5, 0.6) is 0 Å². The first-order valence-corrected chi connectivity index (χ1v) is 7.14. The van der Waals surface area contributed by atoms with Crippen LogP contribution in [-0.2, 0) is 4.79 Å². The molecule has 1 amide bonds. The fraction of sp³-hybridized carbons (Fsp3) is 0.0714. The Kier molecular flexibility index (Phi) is 4.87. The zero-order chi connectivity index (χ0) is 14.5. The summed E-state index contributed by atoms with van der Waals surface area (Å²) in [4.78, 5) is 12.4. The minimum Gasteiger partial charge on any atom is -0.398 e. The molecule has 0 fully saturated rings. The van der Waals surface area contributed by atoms with E-state index in [0.29, 0.717) is 21.3 Å². The summed E-state index contributed by atoms with van der Waals surface area (Å²) in [6.45, 7) is 0. The molecule has 0 aromatic heterocycles. The van der Waals surface area contributed by atoms with E-state index in [4.69, 9.17) is 17.3 Å². The molecule has 3 N–H and O–H groups in total. The van der Waals surface area contributed by atoms with Crippen molar-refractivity contribution in [3.63, 3.8) is 0 Å². The summed E-state index contributed by atoms with van der Waals surface area (Å²) in [6.07, 6.45) is 0. The molecule has 2 aromatic carbocycles. The molecule has 2 rings (SSSR count). The molecular formula is C14H12ClFN2OS. The van der Waals surface area contributed by atoms with Crippen LogP contribution in [0.4, 0.5) is 15.8 Å². The number of thioether (sulfide) groups is 1. The lowest BCUT2D eigenvalue weighted by Gasteiger charge is -2.07. The maximum Gasteiger partial charge on any atom is 0.234 e. The topological polar surface area (TPSA) is 55.1 Å². The summed E-state index contributed by atoms with van der Waals surface area (Å²) in [5.74, 6) is -0.364. The zero-order valence-electron chi connectivity index (χ0n) is 10.4. The number of rotatable bonds is 4. The van der Waals surface area contributed by atoms with Gasteiger partial charge in [0.25, 0.3) is 0 Å². The molecule has 20 heavy (non-hydrogen) atoms. The number of amides is 1. The SMILES string of the molecule is Nc1cc(F)ccc1SCC(=O)Nc1ccc(Cl)cc1. The quantitative estimate of drug-likeness (QED) is 0.667. The molecule has 0 aliphatic rings. The Morgan fingerprint density at radius 2 is 1.95 bits per heavy atom. The van der Waals surface area contributed by atoms with Crippen LogP contribution in [0.25, 0.3) is 0 Å². The molecule has 6 heteroatoms. The number of carbonyl (C=O) groups excluding carboxylic acids is 1. The van der Waals surface area contributed by atoms with Gasteiger partial charge < -0.3 is 11.1 Å². The number of nitrogen functional groups attached to an aromatic ring is 1. The van der Waals surface area contributed by atoms with Crippen LogP contribution in [0, 0.1) is 5.82 Å². The van der Waals surface area contributed by atoms with Gasteiger partial charge >= 0.3 is 0 Å². The maximum absolute atomic E-state index is 12.9. The second kappa shape index (κ2) is 6.63. The third-order valence-electron chi connectivity index (χ3n) is 2.46. The Balaban J connectivity index is 1.90. The van der Waals surface area contributed by atoms with Crippen LogP contribution in [-0.4, -0.2) is 11.7 Å². The summed E-state index contributed by atoms with van der Waals surface area (Å²) in [7, 11) is 0. The van der Waals surface area contributed by atoms with E-state index in [1.165, 1.54) is 23.9 Å². The number of hydrogen-bond donors (Lipinski definition) is 2. The van der Waals surface area contributed by atoms with E-state index in [-0.39, 0.29) is 11.7 Å². The summed E-state index contributed by atoms with van der Waals surface area (Å²) >= 11 is 7.01. The fourth-order valence-electron chi connectivity index (χ4n) is 1.52. The molecule has 0 aliphatic heterocycles. The van der Waals surface area contributed by atoms with Crippen LogP contribution in [0.3, 0.4) is 0 Å². The molecule has 0 aliphatic carbocycles. The second-order valence-electron chi connectivity index (χ2n) is 4.03. The molecule has 0 saturated heterocycles. The highest BCUT2D eigenvalue weighted by molar-refractivity contribution is 8.00. The Labute approximate surface area is 125 Å². The predicted octanol–water partition coefficient (Wildman–Crippen LogP) is 3.79. The molecule has 0 bridgehead atoms. The smallest absolute Gasteiger partial charge is 0.234 e. The Hall–Kier alpha value is -1.72. The average molecular weight is 311 g/mol. The van der Waals surface area contributed by atoms with Crippen LogP contribution >= 0.6 is 23.4 Å². The molecule has 0 atom stereocenters.